The highest BCUT2D eigenvalue weighted by Crippen LogP contribution is 2.15. The van der Waals surface area contributed by atoms with Crippen LogP contribution in [0.1, 0.15) is 33.1 Å². The monoisotopic (exact) mass is 214 g/mol. The van der Waals surface area contributed by atoms with Crippen LogP contribution in [0.5, 0.6) is 0 Å². The lowest BCUT2D eigenvalue weighted by Crippen LogP contribution is -2.38. The first-order chi connectivity index (χ1) is 7.38. The zero-order valence-corrected chi connectivity index (χ0v) is 10.3. The SMILES string of the molecule is CCOCCCNCC1CCCN1CC. The van der Waals surface area contributed by atoms with Gasteiger partial charge in [-0.2, -0.15) is 0 Å². The molecule has 1 saturated heterocycles. The van der Waals surface area contributed by atoms with E-state index in [1.807, 2.05) is 6.92 Å². The highest BCUT2D eigenvalue weighted by molar-refractivity contribution is 4.79. The normalized spacial score (nSPS) is 22.4. The first-order valence-corrected chi connectivity index (χ1v) is 6.41. The Bertz CT molecular complexity index is 153. The minimum atomic E-state index is 0.780. The van der Waals surface area contributed by atoms with Crippen molar-refractivity contribution in [3.05, 3.63) is 0 Å². The maximum atomic E-state index is 5.30. The summed E-state index contributed by atoms with van der Waals surface area (Å²) >= 11 is 0. The molecule has 0 radical (unpaired) electrons. The van der Waals surface area contributed by atoms with Gasteiger partial charge in [-0.05, 0) is 45.8 Å². The molecule has 0 aromatic carbocycles. The van der Waals surface area contributed by atoms with Crippen molar-refractivity contribution in [1.29, 1.82) is 0 Å². The van der Waals surface area contributed by atoms with E-state index in [9.17, 15) is 0 Å². The summed E-state index contributed by atoms with van der Waals surface area (Å²) in [4.78, 5) is 2.58. The third-order valence-electron chi connectivity index (χ3n) is 3.13. The lowest BCUT2D eigenvalue weighted by Gasteiger charge is -2.22. The van der Waals surface area contributed by atoms with Crippen LogP contribution in [-0.4, -0.2) is 50.3 Å². The Morgan fingerprint density at radius 2 is 2.27 bits per heavy atom. The molecule has 0 saturated carbocycles. The Hall–Kier alpha value is -0.120. The molecule has 0 aliphatic carbocycles. The van der Waals surface area contributed by atoms with Gasteiger partial charge in [-0.15, -0.1) is 0 Å². The fourth-order valence-electron chi connectivity index (χ4n) is 2.25. The predicted molar refractivity (Wildman–Crippen MR) is 64.2 cm³/mol. The molecular weight excluding hydrogens is 188 g/mol. The van der Waals surface area contributed by atoms with Crippen LogP contribution in [0.25, 0.3) is 0 Å². The third kappa shape index (κ3) is 4.96. The van der Waals surface area contributed by atoms with E-state index < -0.39 is 0 Å². The largest absolute Gasteiger partial charge is 0.382 e. The van der Waals surface area contributed by atoms with Crippen molar-refractivity contribution in [1.82, 2.24) is 10.2 Å². The second-order valence-electron chi connectivity index (χ2n) is 4.18. The summed E-state index contributed by atoms with van der Waals surface area (Å²) in [7, 11) is 0. The Balaban J connectivity index is 1.95. The Morgan fingerprint density at radius 1 is 1.40 bits per heavy atom. The van der Waals surface area contributed by atoms with Crippen molar-refractivity contribution >= 4 is 0 Å². The summed E-state index contributed by atoms with van der Waals surface area (Å²) < 4.78 is 5.30. The number of hydrogen-bond acceptors (Lipinski definition) is 3. The molecule has 0 bridgehead atoms. The fraction of sp³-hybridized carbons (Fsp3) is 1.00. The summed E-state index contributed by atoms with van der Waals surface area (Å²) in [5.74, 6) is 0. The summed E-state index contributed by atoms with van der Waals surface area (Å²) in [5, 5.41) is 3.53. The smallest absolute Gasteiger partial charge is 0.0477 e. The molecule has 1 unspecified atom stereocenters. The summed E-state index contributed by atoms with van der Waals surface area (Å²) in [5.41, 5.74) is 0. The minimum Gasteiger partial charge on any atom is -0.382 e. The second kappa shape index (κ2) is 8.08. The van der Waals surface area contributed by atoms with Gasteiger partial charge in [-0.25, -0.2) is 0 Å². The van der Waals surface area contributed by atoms with E-state index in [0.29, 0.717) is 0 Å². The zero-order valence-electron chi connectivity index (χ0n) is 10.3. The Morgan fingerprint density at radius 3 is 3.00 bits per heavy atom. The topological polar surface area (TPSA) is 24.5 Å². The molecule has 1 N–H and O–H groups in total. The highest BCUT2D eigenvalue weighted by Gasteiger charge is 2.21. The van der Waals surface area contributed by atoms with Gasteiger partial charge >= 0.3 is 0 Å². The average molecular weight is 214 g/mol. The van der Waals surface area contributed by atoms with Crippen molar-refractivity contribution in [2.45, 2.75) is 39.2 Å². The number of nitrogens with one attached hydrogen (secondary N) is 1. The van der Waals surface area contributed by atoms with Crippen molar-refractivity contribution in [2.75, 3.05) is 39.4 Å². The molecule has 1 heterocycles. The van der Waals surface area contributed by atoms with Crippen LogP contribution in [0, 0.1) is 0 Å². The van der Waals surface area contributed by atoms with Crippen molar-refractivity contribution in [2.24, 2.45) is 0 Å². The van der Waals surface area contributed by atoms with E-state index in [1.54, 1.807) is 0 Å². The maximum absolute atomic E-state index is 5.30. The standard InChI is InChI=1S/C12H26N2O/c1-3-14-9-5-7-12(14)11-13-8-6-10-15-4-2/h12-13H,3-11H2,1-2H3. The van der Waals surface area contributed by atoms with Gasteiger partial charge < -0.3 is 10.1 Å². The van der Waals surface area contributed by atoms with Crippen LogP contribution in [0.15, 0.2) is 0 Å². The van der Waals surface area contributed by atoms with Crippen molar-refractivity contribution in [3.8, 4) is 0 Å². The van der Waals surface area contributed by atoms with Gasteiger partial charge in [-0.1, -0.05) is 6.92 Å². The molecule has 0 aromatic rings. The predicted octanol–water partition coefficient (Wildman–Crippen LogP) is 1.49. The number of nitrogens with zero attached hydrogens (tertiary/aromatic N) is 1. The van der Waals surface area contributed by atoms with Gasteiger partial charge in [0.2, 0.25) is 0 Å². The molecule has 1 aliphatic heterocycles. The zero-order chi connectivity index (χ0) is 10.9. The summed E-state index contributed by atoms with van der Waals surface area (Å²) in [6, 6.07) is 0.780. The van der Waals surface area contributed by atoms with Crippen molar-refractivity contribution < 1.29 is 4.74 Å². The van der Waals surface area contributed by atoms with Gasteiger partial charge in [0.15, 0.2) is 0 Å². The van der Waals surface area contributed by atoms with Crippen LogP contribution in [-0.2, 0) is 4.74 Å². The molecule has 1 fully saturated rings. The van der Waals surface area contributed by atoms with Gasteiger partial charge in [-0.3, -0.25) is 4.90 Å². The van der Waals surface area contributed by atoms with Crippen molar-refractivity contribution in [3.63, 3.8) is 0 Å². The summed E-state index contributed by atoms with van der Waals surface area (Å²) in [6.45, 7) is 10.8. The Labute approximate surface area is 94.2 Å². The molecule has 1 aliphatic rings. The van der Waals surface area contributed by atoms with E-state index in [-0.39, 0.29) is 0 Å². The van der Waals surface area contributed by atoms with Crippen LogP contribution < -0.4 is 5.32 Å². The number of rotatable bonds is 8. The molecular formula is C12H26N2O. The first-order valence-electron chi connectivity index (χ1n) is 6.41. The van der Waals surface area contributed by atoms with E-state index in [2.05, 4.69) is 17.1 Å². The van der Waals surface area contributed by atoms with Crippen LogP contribution in [0.3, 0.4) is 0 Å². The van der Waals surface area contributed by atoms with Crippen LogP contribution in [0.2, 0.25) is 0 Å². The summed E-state index contributed by atoms with van der Waals surface area (Å²) in [6.07, 6.45) is 3.87. The Kier molecular flexibility index (Phi) is 6.98. The quantitative estimate of drug-likeness (QED) is 0.620. The molecule has 3 heteroatoms. The van der Waals surface area contributed by atoms with Gasteiger partial charge in [0.05, 0.1) is 0 Å². The number of ether oxygens (including phenoxy) is 1. The van der Waals surface area contributed by atoms with E-state index in [0.717, 1.165) is 38.8 Å². The molecule has 15 heavy (non-hydrogen) atoms. The molecule has 0 amide bonds. The first kappa shape index (κ1) is 12.9. The highest BCUT2D eigenvalue weighted by atomic mass is 16.5. The molecule has 3 nitrogen and oxygen atoms in total. The lowest BCUT2D eigenvalue weighted by molar-refractivity contribution is 0.144. The van der Waals surface area contributed by atoms with Crippen LogP contribution >= 0.6 is 0 Å². The van der Waals surface area contributed by atoms with Gasteiger partial charge in [0, 0.05) is 25.8 Å². The van der Waals surface area contributed by atoms with E-state index >= 15 is 0 Å². The molecule has 0 aromatic heterocycles. The second-order valence-corrected chi connectivity index (χ2v) is 4.18. The maximum Gasteiger partial charge on any atom is 0.0477 e. The van der Waals surface area contributed by atoms with E-state index in [1.165, 1.54) is 25.9 Å². The molecule has 1 atom stereocenters. The van der Waals surface area contributed by atoms with Crippen LogP contribution in [0.4, 0.5) is 0 Å². The number of hydrogen-bond donors (Lipinski definition) is 1. The molecule has 1 rings (SSSR count). The number of likely N-dealkylation sites (tertiary alicyclic amines) is 1. The molecule has 0 spiro atoms. The number of likely N-dealkylation sites (N-methyl/N-ethyl adjacent to an activating group) is 1. The fourth-order valence-corrected chi connectivity index (χ4v) is 2.25. The third-order valence-corrected chi connectivity index (χ3v) is 3.13. The average Bonchev–Trinajstić information content (AvgIpc) is 2.70. The molecule has 90 valence electrons. The van der Waals surface area contributed by atoms with E-state index in [4.69, 9.17) is 4.74 Å². The van der Waals surface area contributed by atoms with Gasteiger partial charge in [0.25, 0.3) is 0 Å². The minimum absolute atomic E-state index is 0.780. The lowest BCUT2D eigenvalue weighted by atomic mass is 10.2. The van der Waals surface area contributed by atoms with Gasteiger partial charge in [0.1, 0.15) is 0 Å².